The molecule has 9 nitrogen and oxygen atoms in total. The molecule has 2 fully saturated rings. The van der Waals surface area contributed by atoms with Crippen LogP contribution in [0.3, 0.4) is 0 Å². The fourth-order valence-corrected chi connectivity index (χ4v) is 7.62. The first-order valence-corrected chi connectivity index (χ1v) is 15.8. The Morgan fingerprint density at radius 2 is 1.60 bits per heavy atom. The van der Waals surface area contributed by atoms with Gasteiger partial charge in [-0.2, -0.15) is 4.31 Å². The van der Waals surface area contributed by atoms with Gasteiger partial charge in [-0.05, 0) is 80.7 Å². The Balaban J connectivity index is 1.16. The van der Waals surface area contributed by atoms with E-state index in [0.717, 1.165) is 36.7 Å². The molecule has 40 heavy (non-hydrogen) atoms. The summed E-state index contributed by atoms with van der Waals surface area (Å²) in [6.07, 6.45) is 3.04. The molecule has 3 aliphatic rings. The number of ether oxygens (including phenoxy) is 2. The number of benzene rings is 2. The first kappa shape index (κ1) is 29.0. The number of carbonyl (C=O) groups is 1. The third-order valence-corrected chi connectivity index (χ3v) is 10.5. The predicted octanol–water partition coefficient (Wildman–Crippen LogP) is 2.31. The molecule has 2 saturated heterocycles. The average molecular weight is 571 g/mol. The topological polar surface area (TPSA) is 82.6 Å². The van der Waals surface area contributed by atoms with Gasteiger partial charge in [0, 0.05) is 39.3 Å². The lowest BCUT2D eigenvalue weighted by molar-refractivity contribution is -0.138. The summed E-state index contributed by atoms with van der Waals surface area (Å²) < 4.78 is 40.0. The number of carbonyl (C=O) groups excluding carboxylic acids is 1. The quantitative estimate of drug-likeness (QED) is 0.458. The summed E-state index contributed by atoms with van der Waals surface area (Å²) >= 11 is 0. The fraction of sp³-hybridized carbons (Fsp3) is 0.567. The minimum absolute atomic E-state index is 0.0280. The van der Waals surface area contributed by atoms with Gasteiger partial charge in [-0.25, -0.2) is 8.42 Å². The monoisotopic (exact) mass is 570 g/mol. The van der Waals surface area contributed by atoms with Crippen molar-refractivity contribution in [2.75, 3.05) is 73.2 Å². The van der Waals surface area contributed by atoms with Crippen molar-refractivity contribution in [3.63, 3.8) is 0 Å². The fourth-order valence-electron chi connectivity index (χ4n) is 6.03. The van der Waals surface area contributed by atoms with Gasteiger partial charge in [0.2, 0.25) is 15.9 Å². The first-order valence-electron chi connectivity index (χ1n) is 14.3. The van der Waals surface area contributed by atoms with Gasteiger partial charge in [0.05, 0.1) is 24.7 Å². The number of nitrogens with zero attached hydrogens (tertiary/aromatic N) is 4. The molecule has 0 N–H and O–H groups in total. The van der Waals surface area contributed by atoms with Crippen LogP contribution >= 0.6 is 0 Å². The largest absolute Gasteiger partial charge is 0.497 e. The minimum atomic E-state index is -3.78. The Labute approximate surface area is 238 Å². The number of piperidine rings is 1. The number of rotatable bonds is 9. The summed E-state index contributed by atoms with van der Waals surface area (Å²) in [6.45, 7) is 7.07. The van der Waals surface area contributed by atoms with Crippen molar-refractivity contribution in [2.45, 2.75) is 36.7 Å². The van der Waals surface area contributed by atoms with E-state index in [4.69, 9.17) is 9.47 Å². The zero-order valence-electron chi connectivity index (χ0n) is 23.7. The number of fused-ring (bicyclic) bond motifs is 1. The van der Waals surface area contributed by atoms with Crippen LogP contribution in [0.15, 0.2) is 53.4 Å². The molecule has 3 aliphatic heterocycles. The van der Waals surface area contributed by atoms with Crippen LogP contribution in [-0.2, 0) is 32.5 Å². The van der Waals surface area contributed by atoms with Gasteiger partial charge < -0.3 is 19.3 Å². The standard InChI is InChI=1S/C30H42N4O5S/c1-31-13-11-24(12-14-31)20-32-15-17-33(18-16-32)30(35)23-39-22-27-19-25-5-3-4-6-26(25)21-34(27)40(36,37)29-9-7-28(38-2)8-10-29/h3-10,24,27H,11-23H2,1-2H3. The number of piperazine rings is 1. The summed E-state index contributed by atoms with van der Waals surface area (Å²) in [7, 11) is -0.0380. The highest BCUT2D eigenvalue weighted by molar-refractivity contribution is 7.89. The number of hydrogen-bond donors (Lipinski definition) is 0. The molecule has 1 atom stereocenters. The van der Waals surface area contributed by atoms with E-state index < -0.39 is 16.1 Å². The summed E-state index contributed by atoms with van der Waals surface area (Å²) in [6, 6.07) is 14.0. The Kier molecular flexibility index (Phi) is 9.42. The normalized spacial score (nSPS) is 21.8. The van der Waals surface area contributed by atoms with Crippen molar-refractivity contribution < 1.29 is 22.7 Å². The van der Waals surface area contributed by atoms with E-state index in [1.54, 1.807) is 31.4 Å². The van der Waals surface area contributed by atoms with Gasteiger partial charge in [-0.1, -0.05) is 24.3 Å². The van der Waals surface area contributed by atoms with E-state index in [2.05, 4.69) is 16.8 Å². The van der Waals surface area contributed by atoms with Crippen LogP contribution < -0.4 is 4.74 Å². The SMILES string of the molecule is COc1ccc(S(=O)(=O)N2Cc3ccccc3CC2COCC(=O)N2CCN(CC3CCN(C)CC3)CC2)cc1. The lowest BCUT2D eigenvalue weighted by atomic mass is 9.96. The first-order chi connectivity index (χ1) is 19.3. The van der Waals surface area contributed by atoms with Gasteiger partial charge in [-0.3, -0.25) is 9.69 Å². The molecule has 0 spiro atoms. The maximum Gasteiger partial charge on any atom is 0.248 e. The van der Waals surface area contributed by atoms with E-state index in [1.165, 1.54) is 30.2 Å². The van der Waals surface area contributed by atoms with E-state index in [9.17, 15) is 13.2 Å². The molecular formula is C30H42N4O5S. The highest BCUT2D eigenvalue weighted by Crippen LogP contribution is 2.30. The molecule has 5 rings (SSSR count). The number of hydrogen-bond acceptors (Lipinski definition) is 7. The Hall–Kier alpha value is -2.50. The van der Waals surface area contributed by atoms with Gasteiger partial charge in [-0.15, -0.1) is 0 Å². The van der Waals surface area contributed by atoms with Crippen LogP contribution in [0.4, 0.5) is 0 Å². The van der Waals surface area contributed by atoms with E-state index >= 15 is 0 Å². The number of amides is 1. The van der Waals surface area contributed by atoms with Gasteiger partial charge in [0.25, 0.3) is 0 Å². The van der Waals surface area contributed by atoms with E-state index in [-0.39, 0.29) is 30.6 Å². The lowest BCUT2D eigenvalue weighted by Gasteiger charge is -2.38. The molecule has 2 aromatic carbocycles. The van der Waals surface area contributed by atoms with Crippen LogP contribution in [0.25, 0.3) is 0 Å². The predicted molar refractivity (Wildman–Crippen MR) is 154 cm³/mol. The molecule has 3 heterocycles. The summed E-state index contributed by atoms with van der Waals surface area (Å²) in [5, 5.41) is 0. The second-order valence-corrected chi connectivity index (χ2v) is 13.2. The molecule has 1 amide bonds. The zero-order valence-corrected chi connectivity index (χ0v) is 24.5. The zero-order chi connectivity index (χ0) is 28.1. The van der Waals surface area contributed by atoms with Crippen molar-refractivity contribution >= 4 is 15.9 Å². The van der Waals surface area contributed by atoms with Gasteiger partial charge in [0.15, 0.2) is 0 Å². The Bertz CT molecular complexity index is 1240. The molecule has 0 aliphatic carbocycles. The van der Waals surface area contributed by atoms with Crippen molar-refractivity contribution in [3.8, 4) is 5.75 Å². The molecule has 10 heteroatoms. The Morgan fingerprint density at radius 1 is 0.925 bits per heavy atom. The highest BCUT2D eigenvalue weighted by atomic mass is 32.2. The maximum absolute atomic E-state index is 13.7. The van der Waals surface area contributed by atoms with Crippen LogP contribution in [-0.4, -0.2) is 113 Å². The van der Waals surface area contributed by atoms with Crippen molar-refractivity contribution in [3.05, 3.63) is 59.7 Å². The van der Waals surface area contributed by atoms with Crippen LogP contribution in [0.5, 0.6) is 5.75 Å². The minimum Gasteiger partial charge on any atom is -0.497 e. The lowest BCUT2D eigenvalue weighted by Crippen LogP contribution is -2.51. The highest BCUT2D eigenvalue weighted by Gasteiger charge is 2.36. The number of methoxy groups -OCH3 is 1. The molecule has 0 saturated carbocycles. The van der Waals surface area contributed by atoms with Crippen LogP contribution in [0, 0.1) is 5.92 Å². The molecule has 0 aromatic heterocycles. The van der Waals surface area contributed by atoms with Gasteiger partial charge in [0.1, 0.15) is 12.4 Å². The van der Waals surface area contributed by atoms with Crippen LogP contribution in [0.1, 0.15) is 24.0 Å². The molecule has 2 aromatic rings. The van der Waals surface area contributed by atoms with Crippen LogP contribution in [0.2, 0.25) is 0 Å². The van der Waals surface area contributed by atoms with Crippen molar-refractivity contribution in [1.82, 2.24) is 19.0 Å². The van der Waals surface area contributed by atoms with E-state index in [0.29, 0.717) is 25.3 Å². The third kappa shape index (κ3) is 6.86. The average Bonchev–Trinajstić information content (AvgIpc) is 2.98. The summed E-state index contributed by atoms with van der Waals surface area (Å²) in [4.78, 5) is 19.9. The summed E-state index contributed by atoms with van der Waals surface area (Å²) in [5.41, 5.74) is 2.11. The third-order valence-electron chi connectivity index (χ3n) is 8.59. The molecular weight excluding hydrogens is 528 g/mol. The number of sulfonamides is 1. The molecule has 0 bridgehead atoms. The maximum atomic E-state index is 13.7. The second kappa shape index (κ2) is 13.0. The Morgan fingerprint density at radius 3 is 2.27 bits per heavy atom. The molecule has 218 valence electrons. The second-order valence-electron chi connectivity index (χ2n) is 11.3. The molecule has 1 unspecified atom stereocenters. The molecule has 0 radical (unpaired) electrons. The van der Waals surface area contributed by atoms with Crippen molar-refractivity contribution in [2.24, 2.45) is 5.92 Å². The van der Waals surface area contributed by atoms with Gasteiger partial charge >= 0.3 is 0 Å². The van der Waals surface area contributed by atoms with E-state index in [1.807, 2.05) is 29.2 Å². The van der Waals surface area contributed by atoms with Crippen molar-refractivity contribution in [1.29, 1.82) is 0 Å². The summed E-state index contributed by atoms with van der Waals surface area (Å²) in [5.74, 6) is 1.32. The number of likely N-dealkylation sites (tertiary alicyclic amines) is 1. The smallest absolute Gasteiger partial charge is 0.248 e.